The van der Waals surface area contributed by atoms with Crippen LogP contribution in [0.15, 0.2) is 12.3 Å². The Hall–Kier alpha value is -1.78. The number of hydrogen-bond donors (Lipinski definition) is 0. The molecule has 1 aliphatic heterocycles. The molecule has 2 amide bonds. The van der Waals surface area contributed by atoms with Gasteiger partial charge in [-0.1, -0.05) is 13.8 Å². The second kappa shape index (κ2) is 5.92. The molecule has 1 aromatic rings. The first-order valence-corrected chi connectivity index (χ1v) is 7.54. The average Bonchev–Trinajstić information content (AvgIpc) is 2.75. The van der Waals surface area contributed by atoms with E-state index in [0.717, 1.165) is 12.2 Å². The van der Waals surface area contributed by atoms with E-state index in [1.807, 2.05) is 42.6 Å². The predicted octanol–water partition coefficient (Wildman–Crippen LogP) is 1.66. The van der Waals surface area contributed by atoms with Crippen molar-refractivity contribution >= 4 is 11.8 Å². The molecule has 1 fully saturated rings. The van der Waals surface area contributed by atoms with Crippen molar-refractivity contribution in [1.29, 1.82) is 0 Å². The van der Waals surface area contributed by atoms with E-state index in [-0.39, 0.29) is 17.9 Å². The van der Waals surface area contributed by atoms with Crippen LogP contribution in [0.1, 0.15) is 36.8 Å². The van der Waals surface area contributed by atoms with Crippen molar-refractivity contribution in [3.63, 3.8) is 0 Å². The van der Waals surface area contributed by atoms with Crippen molar-refractivity contribution < 1.29 is 9.59 Å². The molecule has 0 aliphatic carbocycles. The summed E-state index contributed by atoms with van der Waals surface area (Å²) in [4.78, 5) is 28.7. The molecule has 1 atom stereocenters. The average molecular weight is 291 g/mol. The Bertz CT molecular complexity index is 548. The van der Waals surface area contributed by atoms with E-state index in [2.05, 4.69) is 13.8 Å². The number of amides is 2. The third-order valence-corrected chi connectivity index (χ3v) is 4.21. The molecule has 5 heteroatoms. The van der Waals surface area contributed by atoms with Crippen LogP contribution >= 0.6 is 0 Å². The summed E-state index contributed by atoms with van der Waals surface area (Å²) < 4.78 is 1.93. The van der Waals surface area contributed by atoms with Crippen molar-refractivity contribution in [1.82, 2.24) is 14.4 Å². The van der Waals surface area contributed by atoms with Gasteiger partial charge in [-0.15, -0.1) is 0 Å². The van der Waals surface area contributed by atoms with Crippen LogP contribution in [0.25, 0.3) is 0 Å². The van der Waals surface area contributed by atoms with Crippen LogP contribution in [-0.4, -0.2) is 51.9 Å². The molecule has 0 saturated carbocycles. The standard InChI is InChI=1S/C16H25N3O2/c1-11(2)10-18-8-9-19(13(4)15(18)20)16(21)14-6-7-17(5)12(14)3/h6-7,11,13H,8-10H2,1-5H3. The van der Waals surface area contributed by atoms with Crippen molar-refractivity contribution in [2.24, 2.45) is 13.0 Å². The summed E-state index contributed by atoms with van der Waals surface area (Å²) >= 11 is 0. The van der Waals surface area contributed by atoms with Gasteiger partial charge in [0.25, 0.3) is 5.91 Å². The fraction of sp³-hybridized carbons (Fsp3) is 0.625. The van der Waals surface area contributed by atoms with Crippen molar-refractivity contribution in [2.45, 2.75) is 33.7 Å². The molecular formula is C16H25N3O2. The van der Waals surface area contributed by atoms with Crippen LogP contribution in [0, 0.1) is 12.8 Å². The van der Waals surface area contributed by atoms with E-state index in [0.29, 0.717) is 24.6 Å². The number of nitrogens with zero attached hydrogens (tertiary/aromatic N) is 3. The first kappa shape index (κ1) is 15.6. The largest absolute Gasteiger partial charge is 0.354 e. The van der Waals surface area contributed by atoms with Gasteiger partial charge >= 0.3 is 0 Å². The Labute approximate surface area is 126 Å². The summed E-state index contributed by atoms with van der Waals surface area (Å²) in [5.41, 5.74) is 1.62. The number of aryl methyl sites for hydroxylation is 1. The van der Waals surface area contributed by atoms with Crippen LogP contribution in [0.2, 0.25) is 0 Å². The maximum atomic E-state index is 12.7. The van der Waals surface area contributed by atoms with Crippen molar-refractivity contribution in [3.8, 4) is 0 Å². The Morgan fingerprint density at radius 1 is 1.38 bits per heavy atom. The monoisotopic (exact) mass is 291 g/mol. The highest BCUT2D eigenvalue weighted by Crippen LogP contribution is 2.18. The van der Waals surface area contributed by atoms with Gasteiger partial charge < -0.3 is 14.4 Å². The van der Waals surface area contributed by atoms with Gasteiger partial charge in [0.15, 0.2) is 0 Å². The van der Waals surface area contributed by atoms with Crippen LogP contribution in [0.3, 0.4) is 0 Å². The van der Waals surface area contributed by atoms with Gasteiger partial charge in [0.1, 0.15) is 6.04 Å². The van der Waals surface area contributed by atoms with Crippen LogP contribution < -0.4 is 0 Å². The minimum atomic E-state index is -0.385. The maximum Gasteiger partial charge on any atom is 0.256 e. The van der Waals surface area contributed by atoms with Gasteiger partial charge in [0.2, 0.25) is 5.91 Å². The summed E-state index contributed by atoms with van der Waals surface area (Å²) in [6.45, 7) is 9.94. The van der Waals surface area contributed by atoms with Gasteiger partial charge in [-0.25, -0.2) is 0 Å². The summed E-state index contributed by atoms with van der Waals surface area (Å²) in [6, 6.07) is 1.44. The summed E-state index contributed by atoms with van der Waals surface area (Å²) in [5.74, 6) is 0.454. The molecule has 1 saturated heterocycles. The molecule has 5 nitrogen and oxygen atoms in total. The molecular weight excluding hydrogens is 266 g/mol. The van der Waals surface area contributed by atoms with Gasteiger partial charge in [-0.3, -0.25) is 9.59 Å². The first-order chi connectivity index (χ1) is 9.82. The lowest BCUT2D eigenvalue weighted by molar-refractivity contribution is -0.140. The molecule has 0 spiro atoms. The maximum absolute atomic E-state index is 12.7. The molecule has 1 unspecified atom stereocenters. The highest BCUT2D eigenvalue weighted by atomic mass is 16.2. The molecule has 116 valence electrons. The van der Waals surface area contributed by atoms with E-state index >= 15 is 0 Å². The van der Waals surface area contributed by atoms with E-state index in [1.165, 1.54) is 0 Å². The van der Waals surface area contributed by atoms with E-state index in [9.17, 15) is 9.59 Å². The Morgan fingerprint density at radius 3 is 2.57 bits per heavy atom. The minimum absolute atomic E-state index is 0.0434. The molecule has 0 N–H and O–H groups in total. The third kappa shape index (κ3) is 2.96. The number of carbonyl (C=O) groups is 2. The highest BCUT2D eigenvalue weighted by Gasteiger charge is 2.35. The zero-order valence-corrected chi connectivity index (χ0v) is 13.6. The summed E-state index contributed by atoms with van der Waals surface area (Å²) in [6.07, 6.45) is 1.88. The number of rotatable bonds is 3. The zero-order valence-electron chi connectivity index (χ0n) is 13.6. The zero-order chi connectivity index (χ0) is 15.7. The lowest BCUT2D eigenvalue weighted by Crippen LogP contribution is -2.58. The quantitative estimate of drug-likeness (QED) is 0.850. The molecule has 0 aromatic carbocycles. The van der Waals surface area contributed by atoms with Gasteiger partial charge in [-0.2, -0.15) is 0 Å². The second-order valence-electron chi connectivity index (χ2n) is 6.28. The van der Waals surface area contributed by atoms with E-state index < -0.39 is 0 Å². The number of piperazine rings is 1. The first-order valence-electron chi connectivity index (χ1n) is 7.54. The topological polar surface area (TPSA) is 45.6 Å². The summed E-state index contributed by atoms with van der Waals surface area (Å²) in [7, 11) is 1.92. The second-order valence-corrected chi connectivity index (χ2v) is 6.28. The number of carbonyl (C=O) groups excluding carboxylic acids is 2. The van der Waals surface area contributed by atoms with Crippen molar-refractivity contribution in [3.05, 3.63) is 23.5 Å². The molecule has 1 aromatic heterocycles. The van der Waals surface area contributed by atoms with Gasteiger partial charge in [0.05, 0.1) is 5.56 Å². The molecule has 1 aliphatic rings. The Balaban J connectivity index is 2.14. The Morgan fingerprint density at radius 2 is 2.05 bits per heavy atom. The lowest BCUT2D eigenvalue weighted by Gasteiger charge is -2.39. The van der Waals surface area contributed by atoms with Gasteiger partial charge in [-0.05, 0) is 25.8 Å². The molecule has 21 heavy (non-hydrogen) atoms. The normalized spacial score (nSPS) is 19.5. The molecule has 0 bridgehead atoms. The van der Waals surface area contributed by atoms with Crippen LogP contribution in [0.5, 0.6) is 0 Å². The fourth-order valence-corrected chi connectivity index (χ4v) is 2.82. The molecule has 2 rings (SSSR count). The van der Waals surface area contributed by atoms with Crippen LogP contribution in [-0.2, 0) is 11.8 Å². The fourth-order valence-electron chi connectivity index (χ4n) is 2.82. The van der Waals surface area contributed by atoms with Gasteiger partial charge in [0, 0.05) is 38.6 Å². The molecule has 2 heterocycles. The number of hydrogen-bond acceptors (Lipinski definition) is 2. The smallest absolute Gasteiger partial charge is 0.256 e. The molecule has 0 radical (unpaired) electrons. The SMILES string of the molecule is Cc1c(C(=O)N2CCN(CC(C)C)C(=O)C2C)ccn1C. The van der Waals surface area contributed by atoms with Crippen molar-refractivity contribution in [2.75, 3.05) is 19.6 Å². The third-order valence-electron chi connectivity index (χ3n) is 4.21. The predicted molar refractivity (Wildman–Crippen MR) is 82.1 cm³/mol. The number of aromatic nitrogens is 1. The minimum Gasteiger partial charge on any atom is -0.354 e. The summed E-state index contributed by atoms with van der Waals surface area (Å²) in [5, 5.41) is 0. The highest BCUT2D eigenvalue weighted by molar-refractivity contribution is 5.99. The van der Waals surface area contributed by atoms with E-state index in [1.54, 1.807) is 4.90 Å². The van der Waals surface area contributed by atoms with Crippen LogP contribution in [0.4, 0.5) is 0 Å². The van der Waals surface area contributed by atoms with E-state index in [4.69, 9.17) is 0 Å². The Kier molecular flexibility index (Phi) is 4.40. The lowest BCUT2D eigenvalue weighted by atomic mass is 10.1.